The third-order valence-electron chi connectivity index (χ3n) is 5.54. The van der Waals surface area contributed by atoms with Crippen molar-refractivity contribution >= 4 is 10.0 Å². The molecule has 0 radical (unpaired) electrons. The summed E-state index contributed by atoms with van der Waals surface area (Å²) in [6.45, 7) is 10.1. The van der Waals surface area contributed by atoms with Gasteiger partial charge in [-0.2, -0.15) is 5.10 Å². The Morgan fingerprint density at radius 3 is 2.04 bits per heavy atom. The van der Waals surface area contributed by atoms with Gasteiger partial charge in [-0.05, 0) is 68.0 Å². The smallest absolute Gasteiger partial charge is 0.241 e. The molecule has 0 fully saturated rings. The second-order valence-electron chi connectivity index (χ2n) is 7.16. The summed E-state index contributed by atoms with van der Waals surface area (Å²) in [6, 6.07) is 9.06. The highest BCUT2D eigenvalue weighted by molar-refractivity contribution is 7.89. The van der Waals surface area contributed by atoms with E-state index in [0.717, 1.165) is 33.4 Å². The average molecular weight is 399 g/mol. The van der Waals surface area contributed by atoms with Crippen molar-refractivity contribution in [3.63, 3.8) is 0 Å². The lowest BCUT2D eigenvalue weighted by Gasteiger charge is -2.23. The summed E-state index contributed by atoms with van der Waals surface area (Å²) >= 11 is 0. The Bertz CT molecular complexity index is 1050. The van der Waals surface area contributed by atoms with Crippen LogP contribution in [0.2, 0.25) is 0 Å². The van der Waals surface area contributed by atoms with Crippen LogP contribution in [0.1, 0.15) is 39.4 Å². The molecule has 0 saturated heterocycles. The molecule has 2 aromatic carbocycles. The van der Waals surface area contributed by atoms with Crippen molar-refractivity contribution in [3.8, 4) is 0 Å². The number of nitrogens with zero attached hydrogens (tertiary/aromatic N) is 3. The van der Waals surface area contributed by atoms with E-state index in [0.29, 0.717) is 11.4 Å². The summed E-state index contributed by atoms with van der Waals surface area (Å²) in [5, 5.41) is 4.13. The monoisotopic (exact) mass is 398 g/mol. The molecule has 1 aromatic heterocycles. The van der Waals surface area contributed by atoms with Crippen LogP contribution in [-0.4, -0.2) is 23.2 Å². The Balaban J connectivity index is 2.05. The second kappa shape index (κ2) is 7.85. The van der Waals surface area contributed by atoms with Gasteiger partial charge in [0.15, 0.2) is 0 Å². The lowest BCUT2D eigenvalue weighted by Crippen LogP contribution is -2.33. The molecule has 1 N–H and O–H groups in total. The molecule has 0 aliphatic rings. The minimum absolute atomic E-state index is 0.352. The minimum Gasteiger partial charge on any atom is -0.251 e. The van der Waals surface area contributed by atoms with Gasteiger partial charge in [0, 0.05) is 0 Å². The fourth-order valence-corrected chi connectivity index (χ4v) is 5.34. The van der Waals surface area contributed by atoms with Crippen LogP contribution in [0.15, 0.2) is 47.9 Å². The van der Waals surface area contributed by atoms with Gasteiger partial charge in [-0.1, -0.05) is 30.3 Å². The maximum Gasteiger partial charge on any atom is 0.241 e. The molecule has 0 bridgehead atoms. The Hall–Kier alpha value is -2.51. The maximum atomic E-state index is 13.4. The largest absolute Gasteiger partial charge is 0.251 e. The van der Waals surface area contributed by atoms with Crippen molar-refractivity contribution in [2.24, 2.45) is 0 Å². The first-order chi connectivity index (χ1) is 13.2. The summed E-state index contributed by atoms with van der Waals surface area (Å²) in [5.41, 5.74) is 5.61. The number of hydrogen-bond donors (Lipinski definition) is 1. The van der Waals surface area contributed by atoms with Gasteiger partial charge >= 0.3 is 0 Å². The molecule has 0 aliphatic heterocycles. The predicted octanol–water partition coefficient (Wildman–Crippen LogP) is 3.54. The molecule has 0 spiro atoms. The fourth-order valence-electron chi connectivity index (χ4n) is 3.53. The van der Waals surface area contributed by atoms with Gasteiger partial charge in [-0.3, -0.25) is 4.68 Å². The summed E-state index contributed by atoms with van der Waals surface area (Å²) in [7, 11) is -3.75. The highest BCUT2D eigenvalue weighted by Crippen LogP contribution is 2.30. The van der Waals surface area contributed by atoms with Gasteiger partial charge in [-0.25, -0.2) is 18.1 Å². The molecule has 1 unspecified atom stereocenters. The third kappa shape index (κ3) is 3.86. The molecular weight excluding hydrogens is 372 g/mol. The maximum absolute atomic E-state index is 13.4. The summed E-state index contributed by atoms with van der Waals surface area (Å²) in [4.78, 5) is 4.33. The van der Waals surface area contributed by atoms with E-state index >= 15 is 0 Å². The molecule has 1 heterocycles. The van der Waals surface area contributed by atoms with E-state index in [9.17, 15) is 8.42 Å². The van der Waals surface area contributed by atoms with Crippen molar-refractivity contribution in [3.05, 3.63) is 76.4 Å². The fraction of sp³-hybridized carbons (Fsp3) is 0.333. The average Bonchev–Trinajstić information content (AvgIpc) is 3.18. The molecule has 6 nitrogen and oxygen atoms in total. The topological polar surface area (TPSA) is 76.9 Å². The molecular formula is C21H26N4O2S. The predicted molar refractivity (Wildman–Crippen MR) is 110 cm³/mol. The molecule has 0 amide bonds. The molecule has 7 heteroatoms. The third-order valence-corrected chi connectivity index (χ3v) is 7.28. The molecule has 148 valence electrons. The Kier molecular flexibility index (Phi) is 5.67. The van der Waals surface area contributed by atoms with Crippen molar-refractivity contribution in [1.82, 2.24) is 19.5 Å². The van der Waals surface area contributed by atoms with E-state index < -0.39 is 16.1 Å². The van der Waals surface area contributed by atoms with Gasteiger partial charge < -0.3 is 0 Å². The molecule has 28 heavy (non-hydrogen) atoms. The Morgan fingerprint density at radius 2 is 1.50 bits per heavy atom. The standard InChI is InChI=1S/C21H26N4O2S/c1-14-15(2)17(4)21(18(5)16(14)3)28(26,27)24-20(11-25-13-22-12-23-25)19-9-7-6-8-10-19/h6-10,12-13,20,24H,11H2,1-5H3. The SMILES string of the molecule is Cc1c(C)c(C)c(S(=O)(=O)NC(Cn2cncn2)c2ccccc2)c(C)c1C. The van der Waals surface area contributed by atoms with E-state index in [2.05, 4.69) is 14.8 Å². The number of sulfonamides is 1. The first-order valence-corrected chi connectivity index (χ1v) is 10.7. The quantitative estimate of drug-likeness (QED) is 0.689. The molecule has 3 rings (SSSR count). The van der Waals surface area contributed by atoms with Crippen molar-refractivity contribution in [2.75, 3.05) is 0 Å². The molecule has 3 aromatic rings. The van der Waals surface area contributed by atoms with Crippen molar-refractivity contribution < 1.29 is 8.42 Å². The summed E-state index contributed by atoms with van der Waals surface area (Å²) in [5.74, 6) is 0. The van der Waals surface area contributed by atoms with E-state index in [1.807, 2.05) is 65.0 Å². The Labute approximate surface area is 166 Å². The van der Waals surface area contributed by atoms with Crippen molar-refractivity contribution in [2.45, 2.75) is 52.1 Å². The zero-order chi connectivity index (χ0) is 20.5. The van der Waals surface area contributed by atoms with E-state index in [1.54, 1.807) is 11.0 Å². The van der Waals surface area contributed by atoms with Crippen LogP contribution in [0.5, 0.6) is 0 Å². The summed E-state index contributed by atoms with van der Waals surface area (Å²) in [6.07, 6.45) is 3.03. The lowest BCUT2D eigenvalue weighted by molar-refractivity contribution is 0.482. The number of nitrogens with one attached hydrogen (secondary N) is 1. The second-order valence-corrected chi connectivity index (χ2v) is 8.81. The number of hydrogen-bond acceptors (Lipinski definition) is 4. The van der Waals surface area contributed by atoms with Gasteiger partial charge in [0.2, 0.25) is 10.0 Å². The lowest BCUT2D eigenvalue weighted by atomic mass is 9.95. The minimum atomic E-state index is -3.75. The van der Waals surface area contributed by atoms with E-state index in [-0.39, 0.29) is 0 Å². The summed E-state index contributed by atoms with van der Waals surface area (Å²) < 4.78 is 31.4. The van der Waals surface area contributed by atoms with Gasteiger partial charge in [0.1, 0.15) is 12.7 Å². The first-order valence-electron chi connectivity index (χ1n) is 9.19. The molecule has 0 saturated carbocycles. The normalized spacial score (nSPS) is 12.9. The number of rotatable bonds is 6. The van der Waals surface area contributed by atoms with Crippen LogP contribution in [0.25, 0.3) is 0 Å². The van der Waals surface area contributed by atoms with Crippen LogP contribution in [0.4, 0.5) is 0 Å². The van der Waals surface area contributed by atoms with Crippen LogP contribution < -0.4 is 4.72 Å². The van der Waals surface area contributed by atoms with Crippen molar-refractivity contribution in [1.29, 1.82) is 0 Å². The van der Waals surface area contributed by atoms with E-state index in [4.69, 9.17) is 0 Å². The van der Waals surface area contributed by atoms with Crippen LogP contribution in [-0.2, 0) is 16.6 Å². The highest BCUT2D eigenvalue weighted by atomic mass is 32.2. The molecule has 0 aliphatic carbocycles. The van der Waals surface area contributed by atoms with Gasteiger partial charge in [0.05, 0.1) is 17.5 Å². The zero-order valence-electron chi connectivity index (χ0n) is 16.9. The van der Waals surface area contributed by atoms with Gasteiger partial charge in [-0.15, -0.1) is 0 Å². The first kappa shape index (κ1) is 20.2. The zero-order valence-corrected chi connectivity index (χ0v) is 17.7. The number of aromatic nitrogens is 3. The van der Waals surface area contributed by atoms with Crippen LogP contribution >= 0.6 is 0 Å². The van der Waals surface area contributed by atoms with E-state index in [1.165, 1.54) is 6.33 Å². The van der Waals surface area contributed by atoms with Crippen LogP contribution in [0.3, 0.4) is 0 Å². The highest BCUT2D eigenvalue weighted by Gasteiger charge is 2.27. The molecule has 1 atom stereocenters. The van der Waals surface area contributed by atoms with Gasteiger partial charge in [0.25, 0.3) is 0 Å². The Morgan fingerprint density at radius 1 is 0.929 bits per heavy atom. The van der Waals surface area contributed by atoms with Crippen LogP contribution in [0, 0.1) is 34.6 Å². The number of benzene rings is 2.